The second-order valence-corrected chi connectivity index (χ2v) is 9.03. The fraction of sp³-hybridized carbons (Fsp3) is 0.190. The number of aromatic nitrogens is 1. The summed E-state index contributed by atoms with van der Waals surface area (Å²) in [5, 5.41) is 0.548. The standard InChI is InChI=1S/C21H17ClFNO4S/c1-28-21(25)19-12-24(29(26,27)16-6-3-5-15(23)11-16)20-17-9-8-14(22)10-13(17)4-2-7-18(19)20/h3,5-6,8-12H,2,4,7H2,1H3. The molecular weight excluding hydrogens is 417 g/mol. The Hall–Kier alpha value is -2.64. The fourth-order valence-corrected chi connectivity index (χ4v) is 5.35. The highest BCUT2D eigenvalue weighted by Crippen LogP contribution is 2.38. The molecule has 0 amide bonds. The van der Waals surface area contributed by atoms with Gasteiger partial charge in [-0.15, -0.1) is 0 Å². The lowest BCUT2D eigenvalue weighted by molar-refractivity contribution is 0.0599. The van der Waals surface area contributed by atoms with E-state index in [9.17, 15) is 17.6 Å². The summed E-state index contributed by atoms with van der Waals surface area (Å²) < 4.78 is 46.4. The number of rotatable bonds is 3. The third kappa shape index (κ3) is 3.34. The summed E-state index contributed by atoms with van der Waals surface area (Å²) in [4.78, 5) is 12.2. The van der Waals surface area contributed by atoms with Crippen LogP contribution in [-0.2, 0) is 27.6 Å². The first-order chi connectivity index (χ1) is 13.8. The first-order valence-corrected chi connectivity index (χ1v) is 10.8. The Labute approximate surface area is 172 Å². The van der Waals surface area contributed by atoms with Gasteiger partial charge in [0.15, 0.2) is 0 Å². The Morgan fingerprint density at radius 3 is 2.69 bits per heavy atom. The van der Waals surface area contributed by atoms with Crippen molar-refractivity contribution >= 4 is 27.6 Å². The Kier molecular flexibility index (Phi) is 4.96. The zero-order valence-electron chi connectivity index (χ0n) is 15.5. The Morgan fingerprint density at radius 1 is 1.17 bits per heavy atom. The predicted molar refractivity (Wildman–Crippen MR) is 107 cm³/mol. The van der Waals surface area contributed by atoms with Gasteiger partial charge in [-0.1, -0.05) is 23.7 Å². The number of carbonyl (C=O) groups excluding carboxylic acids is 1. The summed E-state index contributed by atoms with van der Waals surface area (Å²) >= 11 is 6.14. The van der Waals surface area contributed by atoms with Crippen LogP contribution in [0.1, 0.15) is 27.9 Å². The molecule has 2 aromatic carbocycles. The van der Waals surface area contributed by atoms with E-state index in [0.717, 1.165) is 15.6 Å². The van der Waals surface area contributed by atoms with Gasteiger partial charge >= 0.3 is 5.97 Å². The predicted octanol–water partition coefficient (Wildman–Crippen LogP) is 4.46. The second kappa shape index (κ2) is 7.31. The first-order valence-electron chi connectivity index (χ1n) is 8.95. The van der Waals surface area contributed by atoms with E-state index in [0.29, 0.717) is 41.1 Å². The van der Waals surface area contributed by atoms with Crippen molar-refractivity contribution < 1.29 is 22.3 Å². The number of esters is 1. The van der Waals surface area contributed by atoms with E-state index < -0.39 is 21.8 Å². The van der Waals surface area contributed by atoms with Crippen LogP contribution in [0.2, 0.25) is 5.02 Å². The number of hydrogen-bond donors (Lipinski definition) is 0. The van der Waals surface area contributed by atoms with E-state index in [4.69, 9.17) is 16.3 Å². The van der Waals surface area contributed by atoms with Gasteiger partial charge < -0.3 is 4.74 Å². The number of methoxy groups -OCH3 is 1. The second-order valence-electron chi connectivity index (χ2n) is 6.77. The van der Waals surface area contributed by atoms with Gasteiger partial charge in [-0.3, -0.25) is 0 Å². The van der Waals surface area contributed by atoms with Crippen LogP contribution in [-0.4, -0.2) is 25.5 Å². The molecule has 0 fully saturated rings. The molecular formula is C21H17ClFNO4S. The minimum atomic E-state index is -4.16. The molecule has 3 aromatic rings. The van der Waals surface area contributed by atoms with Crippen molar-refractivity contribution in [2.45, 2.75) is 24.2 Å². The van der Waals surface area contributed by atoms with Crippen LogP contribution >= 0.6 is 11.6 Å². The summed E-state index contributed by atoms with van der Waals surface area (Å²) in [6.45, 7) is 0. The van der Waals surface area contributed by atoms with Gasteiger partial charge in [-0.2, -0.15) is 0 Å². The van der Waals surface area contributed by atoms with Crippen molar-refractivity contribution in [1.29, 1.82) is 0 Å². The maximum atomic E-state index is 13.7. The van der Waals surface area contributed by atoms with Gasteiger partial charge in [-0.05, 0) is 60.7 Å². The van der Waals surface area contributed by atoms with E-state index in [1.165, 1.54) is 31.5 Å². The van der Waals surface area contributed by atoms with Gasteiger partial charge in [0.1, 0.15) is 5.82 Å². The monoisotopic (exact) mass is 433 g/mol. The largest absolute Gasteiger partial charge is 0.465 e. The number of benzene rings is 2. The van der Waals surface area contributed by atoms with Crippen molar-refractivity contribution in [3.63, 3.8) is 0 Å². The van der Waals surface area contributed by atoms with E-state index in [2.05, 4.69) is 0 Å². The smallest absolute Gasteiger partial charge is 0.339 e. The quantitative estimate of drug-likeness (QED) is 0.572. The molecule has 8 heteroatoms. The molecule has 150 valence electrons. The van der Waals surface area contributed by atoms with Crippen LogP contribution in [0.25, 0.3) is 11.3 Å². The third-order valence-electron chi connectivity index (χ3n) is 5.03. The van der Waals surface area contributed by atoms with Crippen molar-refractivity contribution in [3.8, 4) is 11.3 Å². The maximum absolute atomic E-state index is 13.7. The lowest BCUT2D eigenvalue weighted by atomic mass is 10.0. The number of aryl methyl sites for hydroxylation is 1. The highest BCUT2D eigenvalue weighted by molar-refractivity contribution is 7.90. The van der Waals surface area contributed by atoms with Crippen LogP contribution < -0.4 is 0 Å². The maximum Gasteiger partial charge on any atom is 0.339 e. The molecule has 1 aliphatic rings. The summed E-state index contributed by atoms with van der Waals surface area (Å²) in [5.41, 5.74) is 2.74. The highest BCUT2D eigenvalue weighted by atomic mass is 35.5. The number of carbonyl (C=O) groups is 1. The fourth-order valence-electron chi connectivity index (χ4n) is 3.73. The summed E-state index contributed by atoms with van der Waals surface area (Å²) in [6.07, 6.45) is 3.16. The zero-order chi connectivity index (χ0) is 20.8. The molecule has 0 saturated heterocycles. The third-order valence-corrected chi connectivity index (χ3v) is 6.92. The number of nitrogens with zero attached hydrogens (tertiary/aromatic N) is 1. The first kappa shape index (κ1) is 19.7. The van der Waals surface area contributed by atoms with E-state index in [1.54, 1.807) is 18.2 Å². The lowest BCUT2D eigenvalue weighted by Crippen LogP contribution is -2.14. The normalized spacial score (nSPS) is 13.3. The molecule has 0 spiro atoms. The van der Waals surface area contributed by atoms with Crippen LogP contribution in [0, 0.1) is 5.82 Å². The zero-order valence-corrected chi connectivity index (χ0v) is 17.1. The van der Waals surface area contributed by atoms with Gasteiger partial charge in [0.25, 0.3) is 10.0 Å². The molecule has 5 nitrogen and oxygen atoms in total. The molecule has 0 N–H and O–H groups in total. The molecule has 29 heavy (non-hydrogen) atoms. The number of hydrogen-bond acceptors (Lipinski definition) is 4. The van der Waals surface area contributed by atoms with Gasteiger partial charge in [-0.25, -0.2) is 21.6 Å². The molecule has 0 aliphatic heterocycles. The van der Waals surface area contributed by atoms with Crippen molar-refractivity contribution in [2.75, 3.05) is 7.11 Å². The average molecular weight is 434 g/mol. The molecule has 4 rings (SSSR count). The Balaban J connectivity index is 2.05. The Morgan fingerprint density at radius 2 is 1.97 bits per heavy atom. The van der Waals surface area contributed by atoms with Gasteiger partial charge in [0, 0.05) is 16.8 Å². The van der Waals surface area contributed by atoms with E-state index in [1.807, 2.05) is 0 Å². The highest BCUT2D eigenvalue weighted by Gasteiger charge is 2.31. The summed E-state index contributed by atoms with van der Waals surface area (Å²) in [7, 11) is -2.91. The van der Waals surface area contributed by atoms with Crippen LogP contribution in [0.5, 0.6) is 0 Å². The van der Waals surface area contributed by atoms with E-state index >= 15 is 0 Å². The van der Waals surface area contributed by atoms with Crippen LogP contribution in [0.15, 0.2) is 53.6 Å². The molecule has 0 bridgehead atoms. The number of ether oxygens (including phenoxy) is 1. The summed E-state index contributed by atoms with van der Waals surface area (Å²) in [6, 6.07) is 10.0. The van der Waals surface area contributed by atoms with Crippen LogP contribution in [0.4, 0.5) is 4.39 Å². The molecule has 0 radical (unpaired) electrons. The Bertz CT molecular complexity index is 1230. The number of fused-ring (bicyclic) bond motifs is 3. The van der Waals surface area contributed by atoms with Crippen molar-refractivity contribution in [3.05, 3.63) is 76.2 Å². The SMILES string of the molecule is COC(=O)c1cn(S(=O)(=O)c2cccc(F)c2)c2c1CCCc1cc(Cl)ccc1-2. The van der Waals surface area contributed by atoms with E-state index in [-0.39, 0.29) is 10.5 Å². The van der Waals surface area contributed by atoms with Crippen molar-refractivity contribution in [1.82, 2.24) is 3.97 Å². The summed E-state index contributed by atoms with van der Waals surface area (Å²) in [5.74, 6) is -1.28. The molecule has 0 saturated carbocycles. The molecule has 0 unspecified atom stereocenters. The van der Waals surface area contributed by atoms with Crippen molar-refractivity contribution in [2.24, 2.45) is 0 Å². The molecule has 1 aliphatic carbocycles. The topological polar surface area (TPSA) is 65.4 Å². The van der Waals surface area contributed by atoms with Crippen LogP contribution in [0.3, 0.4) is 0 Å². The number of halogens is 2. The minimum Gasteiger partial charge on any atom is -0.465 e. The lowest BCUT2D eigenvalue weighted by Gasteiger charge is -2.14. The van der Waals surface area contributed by atoms with Gasteiger partial charge in [0.2, 0.25) is 0 Å². The minimum absolute atomic E-state index is 0.185. The molecule has 1 aromatic heterocycles. The van der Waals surface area contributed by atoms with Gasteiger partial charge in [0.05, 0.1) is 23.3 Å². The molecule has 1 heterocycles. The average Bonchev–Trinajstić information content (AvgIpc) is 2.98. The molecule has 0 atom stereocenters.